The fraction of sp³-hybridized carbons (Fsp3) is 0.647. The fourth-order valence-corrected chi connectivity index (χ4v) is 4.47. The zero-order valence-corrected chi connectivity index (χ0v) is 15.6. The molecule has 24 heavy (non-hydrogen) atoms. The molecule has 2 aliphatic rings. The zero-order valence-electron chi connectivity index (χ0n) is 14.1. The average molecular weight is 373 g/mol. The van der Waals surface area contributed by atoms with Crippen molar-refractivity contribution in [3.63, 3.8) is 0 Å². The second-order valence-electron chi connectivity index (χ2n) is 7.87. The van der Waals surface area contributed by atoms with Crippen molar-refractivity contribution in [2.75, 3.05) is 13.2 Å². The summed E-state index contributed by atoms with van der Waals surface area (Å²) in [7, 11) is 0. The van der Waals surface area contributed by atoms with E-state index < -0.39 is 6.09 Å². The topological polar surface area (TPSA) is 62.7 Å². The molecule has 0 bridgehead atoms. The second kappa shape index (κ2) is 5.95. The van der Waals surface area contributed by atoms with Gasteiger partial charge in [-0.2, -0.15) is 0 Å². The number of ether oxygens (including phenoxy) is 1. The van der Waals surface area contributed by atoms with Crippen LogP contribution in [0.5, 0.6) is 5.75 Å². The summed E-state index contributed by atoms with van der Waals surface area (Å²) in [5.74, 6) is 1.07. The Morgan fingerprint density at radius 1 is 1.42 bits per heavy atom. The number of fused-ring (bicyclic) bond motifs is 1. The van der Waals surface area contributed by atoms with E-state index in [9.17, 15) is 9.90 Å². The number of hydrogen-bond donors (Lipinski definition) is 1. The van der Waals surface area contributed by atoms with Crippen LogP contribution in [-0.4, -0.2) is 40.3 Å². The number of carboxylic acid groups (broad SMARTS) is 1. The first kappa shape index (κ1) is 17.6. The molecule has 1 saturated heterocycles. The molecule has 132 valence electrons. The Morgan fingerprint density at radius 2 is 2.04 bits per heavy atom. The molecule has 1 aliphatic carbocycles. The number of aromatic nitrogens is 1. The Kier molecular flexibility index (Phi) is 4.37. The van der Waals surface area contributed by atoms with E-state index in [1.54, 1.807) is 17.0 Å². The number of nitrogens with zero attached hydrogens (tertiary/aromatic N) is 2. The van der Waals surface area contributed by atoms with E-state index in [1.165, 1.54) is 0 Å². The van der Waals surface area contributed by atoms with Crippen LogP contribution in [0.3, 0.4) is 0 Å². The first-order valence-corrected chi connectivity index (χ1v) is 8.83. The van der Waals surface area contributed by atoms with Crippen LogP contribution >= 0.6 is 23.2 Å². The van der Waals surface area contributed by atoms with Gasteiger partial charge in [0.1, 0.15) is 22.7 Å². The summed E-state index contributed by atoms with van der Waals surface area (Å²) >= 11 is 11.7. The van der Waals surface area contributed by atoms with Crippen molar-refractivity contribution in [2.45, 2.75) is 39.7 Å². The molecule has 2 fully saturated rings. The van der Waals surface area contributed by atoms with E-state index in [-0.39, 0.29) is 27.2 Å². The van der Waals surface area contributed by atoms with Gasteiger partial charge in [-0.05, 0) is 29.6 Å². The Labute approximate surface area is 151 Å². The molecule has 1 aliphatic heterocycles. The van der Waals surface area contributed by atoms with E-state index in [0.29, 0.717) is 24.8 Å². The summed E-state index contributed by atoms with van der Waals surface area (Å²) < 4.78 is 5.76. The molecule has 0 aromatic carbocycles. The minimum absolute atomic E-state index is 0.101. The molecule has 1 N–H and O–H groups in total. The first-order chi connectivity index (χ1) is 11.1. The molecule has 3 rings (SSSR count). The van der Waals surface area contributed by atoms with E-state index in [0.717, 1.165) is 12.8 Å². The van der Waals surface area contributed by atoms with Crippen molar-refractivity contribution < 1.29 is 14.6 Å². The summed E-state index contributed by atoms with van der Waals surface area (Å²) in [4.78, 5) is 17.1. The molecule has 2 heterocycles. The Balaban J connectivity index is 1.71. The molecule has 1 amide bonds. The van der Waals surface area contributed by atoms with E-state index >= 15 is 0 Å². The maximum absolute atomic E-state index is 11.7. The van der Waals surface area contributed by atoms with Crippen LogP contribution in [0.4, 0.5) is 4.79 Å². The maximum atomic E-state index is 11.7. The second-order valence-corrected chi connectivity index (χ2v) is 8.64. The number of piperidine rings is 1. The lowest BCUT2D eigenvalue weighted by atomic mass is 9.73. The zero-order chi connectivity index (χ0) is 17.7. The van der Waals surface area contributed by atoms with Crippen molar-refractivity contribution >= 4 is 29.3 Å². The van der Waals surface area contributed by atoms with Crippen LogP contribution in [0.25, 0.3) is 0 Å². The molecule has 1 saturated carbocycles. The normalized spacial score (nSPS) is 29.1. The highest BCUT2D eigenvalue weighted by Crippen LogP contribution is 2.67. The van der Waals surface area contributed by atoms with Gasteiger partial charge in [0.25, 0.3) is 0 Å². The Hall–Kier alpha value is -1.20. The lowest BCUT2D eigenvalue weighted by molar-refractivity contribution is 0.0274. The Bertz CT molecular complexity index is 641. The molecular weight excluding hydrogens is 351 g/mol. The van der Waals surface area contributed by atoms with Gasteiger partial charge in [-0.1, -0.05) is 44.0 Å². The molecule has 3 atom stereocenters. The fourth-order valence-electron chi connectivity index (χ4n) is 4.03. The molecule has 1 aromatic heterocycles. The van der Waals surface area contributed by atoms with Gasteiger partial charge in [0.05, 0.1) is 6.04 Å². The van der Waals surface area contributed by atoms with Crippen LogP contribution in [0.2, 0.25) is 10.3 Å². The van der Waals surface area contributed by atoms with Gasteiger partial charge in [0.2, 0.25) is 0 Å². The van der Waals surface area contributed by atoms with Crippen molar-refractivity contribution in [3.05, 3.63) is 22.4 Å². The summed E-state index contributed by atoms with van der Waals surface area (Å²) in [6, 6.07) is 3.01. The Morgan fingerprint density at radius 3 is 2.58 bits per heavy atom. The number of pyridine rings is 1. The number of carbonyl (C=O) groups is 1. The number of rotatable bonds is 3. The minimum atomic E-state index is -0.886. The SMILES string of the molecule is CC(C)(C)[C@]12C[C@H]1C[C@@H](COc1cc(Cl)nc(Cl)c1)N(C(=O)O)C2. The van der Waals surface area contributed by atoms with Gasteiger partial charge in [0.15, 0.2) is 0 Å². The molecule has 0 spiro atoms. The summed E-state index contributed by atoms with van der Waals surface area (Å²) in [5.41, 5.74) is 0.203. The number of likely N-dealkylation sites (tertiary alicyclic amines) is 1. The highest BCUT2D eigenvalue weighted by Gasteiger charge is 2.65. The van der Waals surface area contributed by atoms with Crippen molar-refractivity contribution in [1.29, 1.82) is 0 Å². The predicted octanol–water partition coefficient (Wildman–Crippen LogP) is 4.57. The first-order valence-electron chi connectivity index (χ1n) is 8.08. The highest BCUT2D eigenvalue weighted by molar-refractivity contribution is 6.32. The molecule has 5 nitrogen and oxygen atoms in total. The van der Waals surface area contributed by atoms with Crippen LogP contribution in [0, 0.1) is 16.7 Å². The number of hydrogen-bond acceptors (Lipinski definition) is 3. The van der Waals surface area contributed by atoms with Crippen molar-refractivity contribution in [1.82, 2.24) is 9.88 Å². The van der Waals surface area contributed by atoms with E-state index in [4.69, 9.17) is 27.9 Å². The van der Waals surface area contributed by atoms with Crippen LogP contribution in [0.1, 0.15) is 33.6 Å². The van der Waals surface area contributed by atoms with Gasteiger partial charge in [-0.15, -0.1) is 0 Å². The van der Waals surface area contributed by atoms with E-state index in [1.807, 2.05) is 0 Å². The van der Waals surface area contributed by atoms with E-state index in [2.05, 4.69) is 25.8 Å². The standard InChI is InChI=1S/C17H22Cl2N2O3/c1-16(2,3)17-7-10(17)4-11(21(9-17)15(22)23)8-24-12-5-13(18)20-14(19)6-12/h5-6,10-11H,4,7-9H2,1-3H3,(H,22,23)/t10-,11+,17+/m1/s1. The van der Waals surface area contributed by atoms with Gasteiger partial charge in [0, 0.05) is 18.7 Å². The number of amides is 1. The monoisotopic (exact) mass is 372 g/mol. The largest absolute Gasteiger partial charge is 0.491 e. The quantitative estimate of drug-likeness (QED) is 0.789. The third-order valence-corrected chi connectivity index (χ3v) is 5.99. The summed E-state index contributed by atoms with van der Waals surface area (Å²) in [6.45, 7) is 7.46. The van der Waals surface area contributed by atoms with Gasteiger partial charge < -0.3 is 14.7 Å². The molecule has 0 radical (unpaired) electrons. The predicted molar refractivity (Wildman–Crippen MR) is 92.9 cm³/mol. The average Bonchev–Trinajstić information content (AvgIpc) is 3.17. The summed E-state index contributed by atoms with van der Waals surface area (Å²) in [5, 5.41) is 10.1. The summed E-state index contributed by atoms with van der Waals surface area (Å²) in [6.07, 6.45) is 1.03. The smallest absolute Gasteiger partial charge is 0.407 e. The van der Waals surface area contributed by atoms with Gasteiger partial charge >= 0.3 is 6.09 Å². The van der Waals surface area contributed by atoms with Gasteiger partial charge in [-0.3, -0.25) is 0 Å². The third-order valence-electron chi connectivity index (χ3n) is 5.60. The molecule has 1 aromatic rings. The minimum Gasteiger partial charge on any atom is -0.491 e. The lowest BCUT2D eigenvalue weighted by Crippen LogP contribution is -2.52. The number of halogens is 2. The lowest BCUT2D eigenvalue weighted by Gasteiger charge is -2.43. The van der Waals surface area contributed by atoms with Crippen LogP contribution in [0.15, 0.2) is 12.1 Å². The molecule has 7 heteroatoms. The van der Waals surface area contributed by atoms with Crippen molar-refractivity contribution in [2.24, 2.45) is 16.7 Å². The molecular formula is C17H22Cl2N2O3. The van der Waals surface area contributed by atoms with Crippen LogP contribution < -0.4 is 4.74 Å². The van der Waals surface area contributed by atoms with Crippen LogP contribution in [-0.2, 0) is 0 Å². The molecule has 0 unspecified atom stereocenters. The third kappa shape index (κ3) is 3.16. The van der Waals surface area contributed by atoms with Gasteiger partial charge in [-0.25, -0.2) is 9.78 Å². The maximum Gasteiger partial charge on any atom is 0.407 e. The highest BCUT2D eigenvalue weighted by atomic mass is 35.5. The van der Waals surface area contributed by atoms with Crippen molar-refractivity contribution in [3.8, 4) is 5.75 Å².